The molecule has 5 rings (SSSR count). The summed E-state index contributed by atoms with van der Waals surface area (Å²) in [7, 11) is 1.95. The van der Waals surface area contributed by atoms with Gasteiger partial charge in [-0.05, 0) is 43.0 Å². The Morgan fingerprint density at radius 2 is 1.71 bits per heavy atom. The van der Waals surface area contributed by atoms with Crippen LogP contribution in [0.4, 0.5) is 0 Å². The largest absolute Gasteiger partial charge is 0.388 e. The van der Waals surface area contributed by atoms with Crippen LogP contribution >= 0.6 is 11.8 Å². The van der Waals surface area contributed by atoms with E-state index in [1.54, 1.807) is 12.1 Å². The van der Waals surface area contributed by atoms with Gasteiger partial charge in [-0.2, -0.15) is 0 Å². The van der Waals surface area contributed by atoms with E-state index in [0.29, 0.717) is 5.56 Å². The molecule has 0 amide bonds. The fourth-order valence-electron chi connectivity index (χ4n) is 3.78. The number of aliphatic hydroxyl groups is 1. The van der Waals surface area contributed by atoms with E-state index in [4.69, 9.17) is 10.1 Å². The number of ketones is 1. The number of fused-ring (bicyclic) bond motifs is 1. The van der Waals surface area contributed by atoms with E-state index in [0.717, 1.165) is 43.6 Å². The lowest BCUT2D eigenvalue weighted by molar-refractivity contribution is 0.0903. The van der Waals surface area contributed by atoms with Gasteiger partial charge in [0.15, 0.2) is 16.8 Å². The standard InChI is InChI=1S/C27H22N4O2S/c1-17-7-9-18(10-8-17)24-15-22(21-5-3-4-6-23(21)28-24)26-29-30-27(31(26)2)34-20-13-11-19(12-14-20)25(33)16-32/h3-15,32H,16H2,1-2H3. The van der Waals surface area contributed by atoms with Gasteiger partial charge in [0.05, 0.1) is 11.2 Å². The van der Waals surface area contributed by atoms with Crippen molar-refractivity contribution in [3.63, 3.8) is 0 Å². The highest BCUT2D eigenvalue weighted by Crippen LogP contribution is 2.34. The fraction of sp³-hybridized carbons (Fsp3) is 0.111. The molecule has 0 bridgehead atoms. The minimum Gasteiger partial charge on any atom is -0.388 e. The average Bonchev–Trinajstić information content (AvgIpc) is 3.23. The summed E-state index contributed by atoms with van der Waals surface area (Å²) < 4.78 is 1.97. The predicted octanol–water partition coefficient (Wildman–Crippen LogP) is 5.33. The number of aromatic nitrogens is 4. The molecule has 0 spiro atoms. The molecule has 7 heteroatoms. The molecule has 2 heterocycles. The molecular formula is C27H22N4O2S. The highest BCUT2D eigenvalue weighted by atomic mass is 32.2. The van der Waals surface area contributed by atoms with E-state index >= 15 is 0 Å². The van der Waals surface area contributed by atoms with Crippen LogP contribution in [0.3, 0.4) is 0 Å². The Balaban J connectivity index is 1.54. The van der Waals surface area contributed by atoms with Crippen molar-refractivity contribution in [3.05, 3.63) is 90.0 Å². The van der Waals surface area contributed by atoms with Crippen LogP contribution in [0.1, 0.15) is 15.9 Å². The first kappa shape index (κ1) is 22.0. The number of carbonyl (C=O) groups excluding carboxylic acids is 1. The third kappa shape index (κ3) is 4.23. The first-order valence-corrected chi connectivity index (χ1v) is 11.6. The molecule has 0 aliphatic heterocycles. The van der Waals surface area contributed by atoms with E-state index in [2.05, 4.69) is 53.5 Å². The summed E-state index contributed by atoms with van der Waals surface area (Å²) in [5, 5.41) is 19.7. The summed E-state index contributed by atoms with van der Waals surface area (Å²) in [6, 6.07) is 25.6. The Morgan fingerprint density at radius 3 is 2.44 bits per heavy atom. The number of aliphatic hydroxyl groups excluding tert-OH is 1. The molecule has 5 aromatic rings. The van der Waals surface area contributed by atoms with Crippen molar-refractivity contribution in [1.82, 2.24) is 19.7 Å². The number of hydrogen-bond donors (Lipinski definition) is 1. The van der Waals surface area contributed by atoms with E-state index < -0.39 is 6.61 Å². The van der Waals surface area contributed by atoms with Crippen LogP contribution in [0.5, 0.6) is 0 Å². The number of nitrogens with zero attached hydrogens (tertiary/aromatic N) is 4. The maximum Gasteiger partial charge on any atom is 0.196 e. The molecule has 0 saturated carbocycles. The summed E-state index contributed by atoms with van der Waals surface area (Å²) in [4.78, 5) is 17.5. The molecule has 3 aromatic carbocycles. The quantitative estimate of drug-likeness (QED) is 0.341. The van der Waals surface area contributed by atoms with Crippen LogP contribution in [-0.4, -0.2) is 37.2 Å². The first-order valence-electron chi connectivity index (χ1n) is 10.8. The maximum atomic E-state index is 11.7. The van der Waals surface area contributed by atoms with Gasteiger partial charge in [0.25, 0.3) is 0 Å². The van der Waals surface area contributed by atoms with Crippen molar-refractivity contribution in [2.45, 2.75) is 17.0 Å². The Hall–Kier alpha value is -3.81. The molecule has 6 nitrogen and oxygen atoms in total. The number of aryl methyl sites for hydroxylation is 1. The van der Waals surface area contributed by atoms with E-state index in [9.17, 15) is 4.79 Å². The molecule has 168 valence electrons. The molecule has 34 heavy (non-hydrogen) atoms. The molecule has 0 unspecified atom stereocenters. The molecule has 0 radical (unpaired) electrons. The van der Waals surface area contributed by atoms with Crippen molar-refractivity contribution in [2.75, 3.05) is 6.61 Å². The van der Waals surface area contributed by atoms with Gasteiger partial charge in [-0.1, -0.05) is 60.2 Å². The SMILES string of the molecule is Cc1ccc(-c2cc(-c3nnc(Sc4ccc(C(=O)CO)cc4)n3C)c3ccccc3n2)cc1. The first-order chi connectivity index (χ1) is 16.5. The van der Waals surface area contributed by atoms with Crippen molar-refractivity contribution in [3.8, 4) is 22.6 Å². The smallest absolute Gasteiger partial charge is 0.196 e. The zero-order valence-corrected chi connectivity index (χ0v) is 19.6. The van der Waals surface area contributed by atoms with Gasteiger partial charge in [-0.3, -0.25) is 4.79 Å². The number of benzene rings is 3. The van der Waals surface area contributed by atoms with Gasteiger partial charge >= 0.3 is 0 Å². The van der Waals surface area contributed by atoms with Gasteiger partial charge in [-0.25, -0.2) is 4.98 Å². The third-order valence-corrected chi connectivity index (χ3v) is 6.71. The van der Waals surface area contributed by atoms with Gasteiger partial charge in [0.1, 0.15) is 6.61 Å². The van der Waals surface area contributed by atoms with Crippen molar-refractivity contribution in [1.29, 1.82) is 0 Å². The third-order valence-electron chi connectivity index (χ3n) is 5.67. The summed E-state index contributed by atoms with van der Waals surface area (Å²) >= 11 is 1.47. The van der Waals surface area contributed by atoms with E-state index in [1.165, 1.54) is 17.3 Å². The van der Waals surface area contributed by atoms with Gasteiger partial charge in [0.2, 0.25) is 0 Å². The van der Waals surface area contributed by atoms with Crippen LogP contribution in [-0.2, 0) is 7.05 Å². The normalized spacial score (nSPS) is 11.1. The Bertz CT molecular complexity index is 1490. The number of carbonyl (C=O) groups is 1. The molecule has 1 N–H and O–H groups in total. The minimum absolute atomic E-state index is 0.300. The molecule has 2 aromatic heterocycles. The summed E-state index contributed by atoms with van der Waals surface area (Å²) in [5.74, 6) is 0.452. The molecule has 0 fully saturated rings. The second-order valence-electron chi connectivity index (χ2n) is 8.01. The molecule has 0 atom stereocenters. The Labute approximate surface area is 201 Å². The van der Waals surface area contributed by atoms with E-state index in [-0.39, 0.29) is 5.78 Å². The monoisotopic (exact) mass is 466 g/mol. The highest BCUT2D eigenvalue weighted by Gasteiger charge is 2.17. The minimum atomic E-state index is -0.496. The summed E-state index contributed by atoms with van der Waals surface area (Å²) in [6.45, 7) is 1.57. The van der Waals surface area contributed by atoms with Gasteiger partial charge in [0, 0.05) is 34.0 Å². The second-order valence-corrected chi connectivity index (χ2v) is 9.05. The fourth-order valence-corrected chi connectivity index (χ4v) is 4.56. The Kier molecular flexibility index (Phi) is 5.96. The van der Waals surface area contributed by atoms with Crippen LogP contribution in [0, 0.1) is 6.92 Å². The van der Waals surface area contributed by atoms with E-state index in [1.807, 2.05) is 41.9 Å². The zero-order chi connectivity index (χ0) is 23.7. The molecule has 0 aliphatic carbocycles. The highest BCUT2D eigenvalue weighted by molar-refractivity contribution is 7.99. The molecule has 0 saturated heterocycles. The van der Waals surface area contributed by atoms with Crippen LogP contribution in [0.25, 0.3) is 33.5 Å². The molecule has 0 aliphatic rings. The van der Waals surface area contributed by atoms with Crippen LogP contribution in [0.15, 0.2) is 88.9 Å². The molecular weight excluding hydrogens is 444 g/mol. The number of hydrogen-bond acceptors (Lipinski definition) is 6. The second kappa shape index (κ2) is 9.21. The van der Waals surface area contributed by atoms with Crippen molar-refractivity contribution < 1.29 is 9.90 Å². The average molecular weight is 467 g/mol. The number of Topliss-reactive ketones (excluding diaryl/α,β-unsaturated/α-hetero) is 1. The summed E-state index contributed by atoms with van der Waals surface area (Å²) in [5.41, 5.74) is 5.48. The topological polar surface area (TPSA) is 80.9 Å². The van der Waals surface area contributed by atoms with Gasteiger partial charge in [-0.15, -0.1) is 10.2 Å². The van der Waals surface area contributed by atoms with Gasteiger partial charge < -0.3 is 9.67 Å². The lowest BCUT2D eigenvalue weighted by Crippen LogP contribution is -2.03. The number of rotatable bonds is 6. The summed E-state index contributed by atoms with van der Waals surface area (Å²) in [6.07, 6.45) is 0. The van der Waals surface area contributed by atoms with Crippen LogP contribution < -0.4 is 0 Å². The van der Waals surface area contributed by atoms with Crippen molar-refractivity contribution in [2.24, 2.45) is 7.05 Å². The van der Waals surface area contributed by atoms with Crippen molar-refractivity contribution >= 4 is 28.4 Å². The Morgan fingerprint density at radius 1 is 0.971 bits per heavy atom. The predicted molar refractivity (Wildman–Crippen MR) is 134 cm³/mol. The number of para-hydroxylation sites is 1. The van der Waals surface area contributed by atoms with Crippen LogP contribution in [0.2, 0.25) is 0 Å². The number of pyridine rings is 1. The maximum absolute atomic E-state index is 11.7. The lowest BCUT2D eigenvalue weighted by atomic mass is 10.0. The zero-order valence-electron chi connectivity index (χ0n) is 18.8. The lowest BCUT2D eigenvalue weighted by Gasteiger charge is -2.10.